The van der Waals surface area contributed by atoms with Gasteiger partial charge in [0.15, 0.2) is 0 Å². The van der Waals surface area contributed by atoms with Crippen LogP contribution in [0.2, 0.25) is 0 Å². The smallest absolute Gasteiger partial charge is 0.128 e. The summed E-state index contributed by atoms with van der Waals surface area (Å²) < 4.78 is 6.01. The SMILES string of the molecule is Nc1nc2ccc(Oc3ccccc3)cc2cc1C(CCCO)C1CCCCC1. The summed E-state index contributed by atoms with van der Waals surface area (Å²) in [6, 6.07) is 18.0. The third-order valence-corrected chi connectivity index (χ3v) is 6.12. The number of fused-ring (bicyclic) bond motifs is 1. The first kappa shape index (κ1) is 19.7. The molecule has 1 aliphatic rings. The highest BCUT2D eigenvalue weighted by Gasteiger charge is 2.27. The number of anilines is 1. The van der Waals surface area contributed by atoms with Crippen molar-refractivity contribution in [3.8, 4) is 11.5 Å². The largest absolute Gasteiger partial charge is 0.457 e. The minimum absolute atomic E-state index is 0.221. The maximum atomic E-state index is 9.41. The van der Waals surface area contributed by atoms with E-state index in [1.165, 1.54) is 32.1 Å². The Hall–Kier alpha value is -2.59. The number of nitrogens with zero attached hydrogens (tertiary/aromatic N) is 1. The van der Waals surface area contributed by atoms with Crippen molar-refractivity contribution >= 4 is 16.7 Å². The minimum atomic E-state index is 0.221. The van der Waals surface area contributed by atoms with E-state index in [1.807, 2.05) is 48.5 Å². The zero-order valence-corrected chi connectivity index (χ0v) is 16.9. The van der Waals surface area contributed by atoms with Gasteiger partial charge in [-0.3, -0.25) is 0 Å². The number of ether oxygens (including phenoxy) is 1. The molecule has 0 bridgehead atoms. The molecular weight excluding hydrogens is 360 g/mol. The van der Waals surface area contributed by atoms with E-state index < -0.39 is 0 Å². The van der Waals surface area contributed by atoms with E-state index in [2.05, 4.69) is 6.07 Å². The summed E-state index contributed by atoms with van der Waals surface area (Å²) in [7, 11) is 0. The molecule has 0 amide bonds. The summed E-state index contributed by atoms with van der Waals surface area (Å²) in [4.78, 5) is 4.71. The van der Waals surface area contributed by atoms with Crippen LogP contribution in [0.3, 0.4) is 0 Å². The minimum Gasteiger partial charge on any atom is -0.457 e. The van der Waals surface area contributed by atoms with Crippen LogP contribution in [0.1, 0.15) is 56.4 Å². The lowest BCUT2D eigenvalue weighted by atomic mass is 9.75. The molecule has 0 saturated heterocycles. The topological polar surface area (TPSA) is 68.4 Å². The van der Waals surface area contributed by atoms with Gasteiger partial charge in [-0.05, 0) is 79.5 Å². The normalized spacial score (nSPS) is 16.0. The molecule has 2 aromatic carbocycles. The maximum absolute atomic E-state index is 9.41. The Balaban J connectivity index is 1.67. The van der Waals surface area contributed by atoms with Gasteiger partial charge in [0.2, 0.25) is 0 Å². The molecule has 4 nitrogen and oxygen atoms in total. The first-order valence-electron chi connectivity index (χ1n) is 10.8. The van der Waals surface area contributed by atoms with Crippen molar-refractivity contribution in [1.82, 2.24) is 4.98 Å². The van der Waals surface area contributed by atoms with Gasteiger partial charge in [0.25, 0.3) is 0 Å². The van der Waals surface area contributed by atoms with E-state index in [0.717, 1.165) is 40.8 Å². The van der Waals surface area contributed by atoms with Crippen LogP contribution >= 0.6 is 0 Å². The van der Waals surface area contributed by atoms with E-state index in [9.17, 15) is 5.11 Å². The van der Waals surface area contributed by atoms with Crippen molar-refractivity contribution in [2.24, 2.45) is 5.92 Å². The van der Waals surface area contributed by atoms with Crippen LogP contribution in [0.4, 0.5) is 5.82 Å². The second kappa shape index (κ2) is 9.27. The number of aromatic nitrogens is 1. The fourth-order valence-electron chi connectivity index (χ4n) is 4.66. The molecule has 0 radical (unpaired) electrons. The molecule has 0 spiro atoms. The predicted octanol–water partition coefficient (Wildman–Crippen LogP) is 6.05. The number of hydrogen-bond acceptors (Lipinski definition) is 4. The second-order valence-corrected chi connectivity index (χ2v) is 8.10. The highest BCUT2D eigenvalue weighted by Crippen LogP contribution is 2.41. The number of nitrogen functional groups attached to an aromatic ring is 1. The van der Waals surface area contributed by atoms with Crippen molar-refractivity contribution in [3.63, 3.8) is 0 Å². The highest BCUT2D eigenvalue weighted by molar-refractivity contribution is 5.83. The molecule has 1 atom stereocenters. The fourth-order valence-corrected chi connectivity index (χ4v) is 4.66. The Bertz CT molecular complexity index is 936. The van der Waals surface area contributed by atoms with Gasteiger partial charge >= 0.3 is 0 Å². The number of rotatable bonds is 7. The number of aliphatic hydroxyl groups is 1. The lowest BCUT2D eigenvalue weighted by Crippen LogP contribution is -2.18. The summed E-state index contributed by atoms with van der Waals surface area (Å²) >= 11 is 0. The summed E-state index contributed by atoms with van der Waals surface area (Å²) in [5, 5.41) is 10.5. The number of aliphatic hydroxyl groups excluding tert-OH is 1. The predicted molar refractivity (Wildman–Crippen MR) is 118 cm³/mol. The van der Waals surface area contributed by atoms with Crippen LogP contribution in [0.5, 0.6) is 11.5 Å². The quantitative estimate of drug-likeness (QED) is 0.515. The van der Waals surface area contributed by atoms with Gasteiger partial charge in [0.1, 0.15) is 17.3 Å². The standard InChI is InChI=1S/C25H30N2O2/c26-25-23(22(12-7-15-28)18-8-3-1-4-9-18)17-19-16-21(13-14-24(19)27-25)29-20-10-5-2-6-11-20/h2,5-6,10-11,13-14,16-18,22,28H,1,3-4,7-9,12,15H2,(H2,26,27). The van der Waals surface area contributed by atoms with Crippen molar-refractivity contribution in [1.29, 1.82) is 0 Å². The number of benzene rings is 2. The van der Waals surface area contributed by atoms with Crippen LogP contribution in [0.25, 0.3) is 10.9 Å². The molecule has 1 aliphatic carbocycles. The molecule has 1 fully saturated rings. The van der Waals surface area contributed by atoms with Crippen molar-refractivity contribution < 1.29 is 9.84 Å². The zero-order chi connectivity index (χ0) is 20.1. The van der Waals surface area contributed by atoms with Gasteiger partial charge in [0.05, 0.1) is 5.52 Å². The Kier molecular flexibility index (Phi) is 6.30. The van der Waals surface area contributed by atoms with E-state index in [4.69, 9.17) is 15.5 Å². The van der Waals surface area contributed by atoms with Crippen LogP contribution in [-0.2, 0) is 0 Å². The van der Waals surface area contributed by atoms with Gasteiger partial charge < -0.3 is 15.6 Å². The van der Waals surface area contributed by atoms with Crippen molar-refractivity contribution in [3.05, 3.63) is 60.2 Å². The molecule has 152 valence electrons. The lowest BCUT2D eigenvalue weighted by Gasteiger charge is -2.31. The molecule has 1 heterocycles. The Morgan fingerprint density at radius 2 is 1.79 bits per heavy atom. The average Bonchev–Trinajstić information content (AvgIpc) is 2.76. The molecular formula is C25H30N2O2. The van der Waals surface area contributed by atoms with Crippen molar-refractivity contribution in [2.75, 3.05) is 12.3 Å². The number of pyridine rings is 1. The monoisotopic (exact) mass is 390 g/mol. The van der Waals surface area contributed by atoms with E-state index in [-0.39, 0.29) is 6.61 Å². The van der Waals surface area contributed by atoms with Gasteiger partial charge in [-0.1, -0.05) is 37.5 Å². The van der Waals surface area contributed by atoms with E-state index >= 15 is 0 Å². The third-order valence-electron chi connectivity index (χ3n) is 6.12. The molecule has 29 heavy (non-hydrogen) atoms. The molecule has 4 heteroatoms. The van der Waals surface area contributed by atoms with Crippen LogP contribution in [0, 0.1) is 5.92 Å². The first-order chi connectivity index (χ1) is 14.2. The summed E-state index contributed by atoms with van der Waals surface area (Å²) in [6.07, 6.45) is 8.14. The van der Waals surface area contributed by atoms with E-state index in [0.29, 0.717) is 17.7 Å². The first-order valence-corrected chi connectivity index (χ1v) is 10.8. The van der Waals surface area contributed by atoms with Gasteiger partial charge in [0, 0.05) is 12.0 Å². The molecule has 1 unspecified atom stereocenters. The molecule has 0 aliphatic heterocycles. The molecule has 3 N–H and O–H groups in total. The summed E-state index contributed by atoms with van der Waals surface area (Å²) in [5.41, 5.74) is 8.44. The third kappa shape index (κ3) is 4.70. The molecule has 1 saturated carbocycles. The van der Waals surface area contributed by atoms with Crippen molar-refractivity contribution in [2.45, 2.75) is 50.9 Å². The zero-order valence-electron chi connectivity index (χ0n) is 16.9. The summed E-state index contributed by atoms with van der Waals surface area (Å²) in [6.45, 7) is 0.221. The molecule has 1 aromatic heterocycles. The lowest BCUT2D eigenvalue weighted by molar-refractivity contribution is 0.249. The average molecular weight is 391 g/mol. The fraction of sp³-hybridized carbons (Fsp3) is 0.400. The number of nitrogens with two attached hydrogens (primary N) is 1. The Morgan fingerprint density at radius 3 is 2.55 bits per heavy atom. The summed E-state index contributed by atoms with van der Waals surface area (Å²) in [5.74, 6) is 3.23. The second-order valence-electron chi connectivity index (χ2n) is 8.10. The van der Waals surface area contributed by atoms with Crippen LogP contribution in [0.15, 0.2) is 54.6 Å². The molecule has 4 rings (SSSR count). The van der Waals surface area contributed by atoms with Gasteiger partial charge in [-0.25, -0.2) is 4.98 Å². The molecule has 3 aromatic rings. The van der Waals surface area contributed by atoms with Gasteiger partial charge in [-0.2, -0.15) is 0 Å². The van der Waals surface area contributed by atoms with E-state index in [1.54, 1.807) is 0 Å². The van der Waals surface area contributed by atoms with Gasteiger partial charge in [-0.15, -0.1) is 0 Å². The number of hydrogen-bond donors (Lipinski definition) is 2. The maximum Gasteiger partial charge on any atom is 0.128 e. The van der Waals surface area contributed by atoms with Crippen LogP contribution < -0.4 is 10.5 Å². The Morgan fingerprint density at radius 1 is 1.00 bits per heavy atom. The Labute approximate surface area is 172 Å². The van der Waals surface area contributed by atoms with Crippen LogP contribution in [-0.4, -0.2) is 16.7 Å². The number of para-hydroxylation sites is 1. The highest BCUT2D eigenvalue weighted by atomic mass is 16.5.